The van der Waals surface area contributed by atoms with Gasteiger partial charge in [0.25, 0.3) is 0 Å². The molecule has 0 saturated heterocycles. The zero-order valence-corrected chi connectivity index (χ0v) is 9.37. The normalized spacial score (nSPS) is 29.1. The van der Waals surface area contributed by atoms with Crippen LogP contribution in [0.25, 0.3) is 0 Å². The van der Waals surface area contributed by atoms with Gasteiger partial charge in [0.05, 0.1) is 0 Å². The van der Waals surface area contributed by atoms with Crippen LogP contribution in [-0.2, 0) is 6.54 Å². The van der Waals surface area contributed by atoms with Crippen LogP contribution in [0.1, 0.15) is 43.2 Å². The summed E-state index contributed by atoms with van der Waals surface area (Å²) in [6.45, 7) is 3.37. The molecule has 0 spiro atoms. The molecule has 2 aliphatic carbocycles. The Morgan fingerprint density at radius 1 is 1.33 bits per heavy atom. The number of benzene rings is 1. The van der Waals surface area contributed by atoms with Crippen molar-refractivity contribution in [2.45, 2.75) is 44.7 Å². The van der Waals surface area contributed by atoms with Crippen LogP contribution in [0, 0.1) is 5.92 Å². The monoisotopic (exact) mass is 201 g/mol. The number of rotatable bonds is 4. The van der Waals surface area contributed by atoms with Gasteiger partial charge in [-0.15, -0.1) is 0 Å². The lowest BCUT2D eigenvalue weighted by atomic mass is 10.1. The van der Waals surface area contributed by atoms with E-state index in [1.165, 1.54) is 24.8 Å². The van der Waals surface area contributed by atoms with E-state index < -0.39 is 0 Å². The molecule has 0 radical (unpaired) electrons. The fourth-order valence-electron chi connectivity index (χ4n) is 2.23. The first kappa shape index (κ1) is 9.41. The minimum atomic E-state index is 0.787. The third kappa shape index (κ3) is 2.23. The van der Waals surface area contributed by atoms with Gasteiger partial charge in [-0.25, -0.2) is 0 Å². The fraction of sp³-hybridized carbons (Fsp3) is 0.571. The summed E-state index contributed by atoms with van der Waals surface area (Å²) in [5.74, 6) is 1.78. The molecular weight excluding hydrogens is 182 g/mol. The van der Waals surface area contributed by atoms with E-state index in [-0.39, 0.29) is 0 Å². The van der Waals surface area contributed by atoms with E-state index in [1.54, 1.807) is 5.56 Å². The highest BCUT2D eigenvalue weighted by Gasteiger charge is 2.31. The van der Waals surface area contributed by atoms with Crippen LogP contribution in [0.15, 0.2) is 24.3 Å². The van der Waals surface area contributed by atoms with Gasteiger partial charge < -0.3 is 5.32 Å². The molecule has 0 aliphatic heterocycles. The molecule has 2 atom stereocenters. The van der Waals surface area contributed by atoms with Gasteiger partial charge in [0.1, 0.15) is 0 Å². The Bertz CT molecular complexity index is 354. The molecule has 1 heteroatoms. The smallest absolute Gasteiger partial charge is 0.0208 e. The Labute approximate surface area is 91.9 Å². The molecule has 0 aromatic heterocycles. The summed E-state index contributed by atoms with van der Waals surface area (Å²) in [6, 6.07) is 9.90. The fourth-order valence-corrected chi connectivity index (χ4v) is 2.23. The second-order valence-electron chi connectivity index (χ2n) is 5.22. The standard InChI is InChI=1S/C14H19N/c1-10-7-14(10)15-9-11-3-2-4-13(8-11)12-5-6-12/h2-4,8,10,12,14-15H,5-7,9H2,1H3. The Morgan fingerprint density at radius 2 is 2.13 bits per heavy atom. The van der Waals surface area contributed by atoms with Gasteiger partial charge in [-0.05, 0) is 42.2 Å². The molecule has 0 bridgehead atoms. The summed E-state index contributed by atoms with van der Waals surface area (Å²) in [5.41, 5.74) is 3.01. The SMILES string of the molecule is CC1CC1NCc1cccc(C2CC2)c1. The molecule has 0 heterocycles. The maximum absolute atomic E-state index is 3.61. The van der Waals surface area contributed by atoms with Crippen LogP contribution < -0.4 is 5.32 Å². The minimum Gasteiger partial charge on any atom is -0.310 e. The molecular formula is C14H19N. The van der Waals surface area contributed by atoms with Crippen LogP contribution >= 0.6 is 0 Å². The van der Waals surface area contributed by atoms with Crippen molar-refractivity contribution in [3.05, 3.63) is 35.4 Å². The van der Waals surface area contributed by atoms with E-state index in [9.17, 15) is 0 Å². The van der Waals surface area contributed by atoms with E-state index in [1.807, 2.05) is 0 Å². The van der Waals surface area contributed by atoms with Crippen LogP contribution in [0.4, 0.5) is 0 Å². The number of nitrogens with one attached hydrogen (secondary N) is 1. The van der Waals surface area contributed by atoms with E-state index in [0.717, 1.165) is 24.4 Å². The van der Waals surface area contributed by atoms with Crippen molar-refractivity contribution in [2.24, 2.45) is 5.92 Å². The van der Waals surface area contributed by atoms with Gasteiger partial charge in [-0.2, -0.15) is 0 Å². The quantitative estimate of drug-likeness (QED) is 0.789. The molecule has 1 aromatic carbocycles. The van der Waals surface area contributed by atoms with E-state index >= 15 is 0 Å². The predicted molar refractivity (Wildman–Crippen MR) is 62.8 cm³/mol. The summed E-state index contributed by atoms with van der Waals surface area (Å²) in [4.78, 5) is 0. The summed E-state index contributed by atoms with van der Waals surface area (Å²) in [7, 11) is 0. The van der Waals surface area contributed by atoms with Gasteiger partial charge in [0.2, 0.25) is 0 Å². The Morgan fingerprint density at radius 3 is 2.80 bits per heavy atom. The van der Waals surface area contributed by atoms with Crippen molar-refractivity contribution >= 4 is 0 Å². The largest absolute Gasteiger partial charge is 0.310 e. The summed E-state index contributed by atoms with van der Waals surface area (Å²) < 4.78 is 0. The summed E-state index contributed by atoms with van der Waals surface area (Å²) >= 11 is 0. The predicted octanol–water partition coefficient (Wildman–Crippen LogP) is 3.06. The van der Waals surface area contributed by atoms with Crippen LogP contribution in [-0.4, -0.2) is 6.04 Å². The molecule has 2 fully saturated rings. The highest BCUT2D eigenvalue weighted by molar-refractivity contribution is 5.29. The molecule has 1 aromatic rings. The van der Waals surface area contributed by atoms with Crippen molar-refractivity contribution in [1.82, 2.24) is 5.32 Å². The molecule has 15 heavy (non-hydrogen) atoms. The first-order valence-electron chi connectivity index (χ1n) is 6.15. The maximum Gasteiger partial charge on any atom is 0.0208 e. The molecule has 2 unspecified atom stereocenters. The van der Waals surface area contributed by atoms with Gasteiger partial charge in [0.15, 0.2) is 0 Å². The highest BCUT2D eigenvalue weighted by Crippen LogP contribution is 2.40. The van der Waals surface area contributed by atoms with Gasteiger partial charge >= 0.3 is 0 Å². The average molecular weight is 201 g/mol. The average Bonchev–Trinajstić information content (AvgIpc) is 3.11. The first-order valence-corrected chi connectivity index (χ1v) is 6.15. The first-order chi connectivity index (χ1) is 7.33. The Balaban J connectivity index is 1.61. The van der Waals surface area contributed by atoms with Crippen molar-refractivity contribution in [3.63, 3.8) is 0 Å². The molecule has 2 saturated carbocycles. The molecule has 2 aliphatic rings. The van der Waals surface area contributed by atoms with E-state index in [4.69, 9.17) is 0 Å². The maximum atomic E-state index is 3.61. The van der Waals surface area contributed by atoms with E-state index in [2.05, 4.69) is 36.5 Å². The number of hydrogen-bond donors (Lipinski definition) is 1. The lowest BCUT2D eigenvalue weighted by Crippen LogP contribution is -2.16. The third-order valence-corrected chi connectivity index (χ3v) is 3.68. The van der Waals surface area contributed by atoms with Gasteiger partial charge in [-0.1, -0.05) is 31.2 Å². The Kier molecular flexibility index (Phi) is 2.28. The van der Waals surface area contributed by atoms with Gasteiger partial charge in [-0.3, -0.25) is 0 Å². The Hall–Kier alpha value is -0.820. The van der Waals surface area contributed by atoms with Crippen molar-refractivity contribution in [2.75, 3.05) is 0 Å². The second-order valence-corrected chi connectivity index (χ2v) is 5.22. The van der Waals surface area contributed by atoms with Crippen molar-refractivity contribution in [3.8, 4) is 0 Å². The topological polar surface area (TPSA) is 12.0 Å². The van der Waals surface area contributed by atoms with Crippen molar-refractivity contribution < 1.29 is 0 Å². The molecule has 1 N–H and O–H groups in total. The zero-order chi connectivity index (χ0) is 10.3. The molecule has 80 valence electrons. The summed E-state index contributed by atoms with van der Waals surface area (Å²) in [5, 5.41) is 3.61. The second kappa shape index (κ2) is 3.64. The summed E-state index contributed by atoms with van der Waals surface area (Å²) in [6.07, 6.45) is 4.16. The molecule has 0 amide bonds. The van der Waals surface area contributed by atoms with Crippen molar-refractivity contribution in [1.29, 1.82) is 0 Å². The zero-order valence-electron chi connectivity index (χ0n) is 9.37. The lowest BCUT2D eigenvalue weighted by molar-refractivity contribution is 0.652. The van der Waals surface area contributed by atoms with Crippen LogP contribution in [0.5, 0.6) is 0 Å². The van der Waals surface area contributed by atoms with Crippen LogP contribution in [0.3, 0.4) is 0 Å². The van der Waals surface area contributed by atoms with E-state index in [0.29, 0.717) is 0 Å². The third-order valence-electron chi connectivity index (χ3n) is 3.68. The number of hydrogen-bond acceptors (Lipinski definition) is 1. The molecule has 3 rings (SSSR count). The van der Waals surface area contributed by atoms with Crippen LogP contribution in [0.2, 0.25) is 0 Å². The van der Waals surface area contributed by atoms with Gasteiger partial charge in [0, 0.05) is 12.6 Å². The lowest BCUT2D eigenvalue weighted by Gasteiger charge is -2.05. The molecule has 1 nitrogen and oxygen atoms in total. The highest BCUT2D eigenvalue weighted by atomic mass is 15.0. The minimum absolute atomic E-state index is 0.787.